The number of hydrogen-bond donors (Lipinski definition) is 2. The van der Waals surface area contributed by atoms with E-state index in [1.54, 1.807) is 0 Å². The molecule has 0 unspecified atom stereocenters. The Labute approximate surface area is 107 Å². The molecular formula is C9H20OS4. The highest BCUT2D eigenvalue weighted by Gasteiger charge is 1.88. The zero-order valence-corrected chi connectivity index (χ0v) is 12.3. The van der Waals surface area contributed by atoms with E-state index in [1.807, 2.05) is 21.6 Å². The van der Waals surface area contributed by atoms with Crippen molar-refractivity contribution in [2.45, 2.75) is 39.5 Å². The smallest absolute Gasteiger partial charge is 0.239 e. The van der Waals surface area contributed by atoms with E-state index in [9.17, 15) is 4.79 Å². The fourth-order valence-corrected chi connectivity index (χ4v) is 2.99. The van der Waals surface area contributed by atoms with Gasteiger partial charge in [-0.25, -0.2) is 0 Å². The molecule has 0 aromatic carbocycles. The molecule has 0 aromatic rings. The Balaban J connectivity index is 0. The van der Waals surface area contributed by atoms with Crippen molar-refractivity contribution in [3.05, 3.63) is 0 Å². The molecule has 0 N–H and O–H groups in total. The number of hydrogen-bond acceptors (Lipinski definition) is 3. The largest absolute Gasteiger partial charge is 0.275 e. The Morgan fingerprint density at radius 1 is 1.00 bits per heavy atom. The van der Waals surface area contributed by atoms with Crippen LogP contribution in [-0.4, -0.2) is 16.0 Å². The third-order valence-electron chi connectivity index (χ3n) is 1.25. The molecule has 0 aliphatic rings. The summed E-state index contributed by atoms with van der Waals surface area (Å²) in [5.41, 5.74) is 0. The zero-order chi connectivity index (χ0) is 11.2. The molecule has 1 nitrogen and oxygen atoms in total. The summed E-state index contributed by atoms with van der Waals surface area (Å²) in [7, 11) is 4.07. The van der Waals surface area contributed by atoms with Crippen molar-refractivity contribution in [1.82, 2.24) is 0 Å². The summed E-state index contributed by atoms with van der Waals surface area (Å²) < 4.78 is -0.444. The van der Waals surface area contributed by atoms with Crippen LogP contribution in [0.4, 0.5) is 4.79 Å². The van der Waals surface area contributed by atoms with E-state index >= 15 is 0 Å². The van der Waals surface area contributed by atoms with Gasteiger partial charge in [0.25, 0.3) is 0 Å². The van der Waals surface area contributed by atoms with E-state index in [2.05, 4.69) is 39.1 Å². The van der Waals surface area contributed by atoms with Gasteiger partial charge in [-0.05, 0) is 12.8 Å². The van der Waals surface area contributed by atoms with Crippen LogP contribution in [0.3, 0.4) is 0 Å². The lowest BCUT2D eigenvalue weighted by Gasteiger charge is -1.97. The Hall–Kier alpha value is 1.07. The third-order valence-corrected chi connectivity index (χ3v) is 3.82. The number of rotatable bonds is 7. The molecule has 0 saturated carbocycles. The van der Waals surface area contributed by atoms with Crippen LogP contribution in [0.1, 0.15) is 39.5 Å². The maximum atomic E-state index is 9.17. The van der Waals surface area contributed by atoms with Crippen molar-refractivity contribution < 1.29 is 4.79 Å². The predicted molar refractivity (Wildman–Crippen MR) is 78.1 cm³/mol. The maximum absolute atomic E-state index is 9.17. The summed E-state index contributed by atoms with van der Waals surface area (Å²) in [5.74, 6) is 2.68. The molecule has 0 fully saturated rings. The second-order valence-electron chi connectivity index (χ2n) is 2.63. The molecule has 0 spiro atoms. The highest BCUT2D eigenvalue weighted by molar-refractivity contribution is 8.76. The average Bonchev–Trinajstić information content (AvgIpc) is 2.10. The third kappa shape index (κ3) is 29.2. The fourth-order valence-electron chi connectivity index (χ4n) is 0.524. The molecule has 14 heavy (non-hydrogen) atoms. The van der Waals surface area contributed by atoms with Crippen molar-refractivity contribution in [1.29, 1.82) is 0 Å². The molecule has 5 heteroatoms. The lowest BCUT2D eigenvalue weighted by Crippen LogP contribution is -1.76. The Kier molecular flexibility index (Phi) is 20.6. The quantitative estimate of drug-likeness (QED) is 0.389. The monoisotopic (exact) mass is 272 g/mol. The Morgan fingerprint density at radius 3 is 1.50 bits per heavy atom. The van der Waals surface area contributed by atoms with Crippen molar-refractivity contribution >= 4 is 51.3 Å². The average molecular weight is 273 g/mol. The standard InChI is InChI=1S/C8H18S2.CH2OS2/c1-3-5-7-9-10-8-6-4-2;2-1(3)4/h3-8H2,1-2H3;(H2,2,3,4). The predicted octanol–water partition coefficient (Wildman–Crippen LogP) is 4.93. The lowest BCUT2D eigenvalue weighted by molar-refractivity contribution is 0.277. The van der Waals surface area contributed by atoms with Gasteiger partial charge in [0.05, 0.1) is 0 Å². The molecule has 0 aliphatic heterocycles. The summed E-state index contributed by atoms with van der Waals surface area (Å²) in [6, 6.07) is 0. The van der Waals surface area contributed by atoms with Gasteiger partial charge >= 0.3 is 0 Å². The summed E-state index contributed by atoms with van der Waals surface area (Å²) >= 11 is 6.38. The molecular weight excluding hydrogens is 252 g/mol. The molecule has 0 rings (SSSR count). The molecule has 0 aliphatic carbocycles. The van der Waals surface area contributed by atoms with Crippen molar-refractivity contribution in [2.24, 2.45) is 0 Å². The molecule has 0 atom stereocenters. The highest BCUT2D eigenvalue weighted by atomic mass is 33.1. The van der Waals surface area contributed by atoms with Crippen LogP contribution in [0.5, 0.6) is 0 Å². The van der Waals surface area contributed by atoms with Crippen LogP contribution in [0.25, 0.3) is 0 Å². The van der Waals surface area contributed by atoms with Gasteiger partial charge in [0.15, 0.2) is 0 Å². The van der Waals surface area contributed by atoms with Crippen LogP contribution in [0.15, 0.2) is 0 Å². The normalized spacial score (nSPS) is 9.14. The van der Waals surface area contributed by atoms with Gasteiger partial charge in [-0.15, -0.1) is 0 Å². The van der Waals surface area contributed by atoms with Gasteiger partial charge in [0, 0.05) is 11.5 Å². The lowest BCUT2D eigenvalue weighted by atomic mass is 10.4. The Bertz CT molecular complexity index is 107. The van der Waals surface area contributed by atoms with Gasteiger partial charge in [0.1, 0.15) is 0 Å². The maximum Gasteiger partial charge on any atom is 0.239 e. The molecule has 0 saturated heterocycles. The van der Waals surface area contributed by atoms with E-state index in [4.69, 9.17) is 0 Å². The van der Waals surface area contributed by atoms with E-state index in [0.29, 0.717) is 0 Å². The zero-order valence-electron chi connectivity index (χ0n) is 8.86. The second kappa shape index (κ2) is 16.5. The van der Waals surface area contributed by atoms with Crippen LogP contribution in [0.2, 0.25) is 0 Å². The van der Waals surface area contributed by atoms with Gasteiger partial charge in [-0.1, -0.05) is 73.5 Å². The fraction of sp³-hybridized carbons (Fsp3) is 0.889. The van der Waals surface area contributed by atoms with Gasteiger partial charge in [0.2, 0.25) is 4.45 Å². The van der Waals surface area contributed by atoms with Crippen LogP contribution in [0, 0.1) is 0 Å². The number of thiol groups is 2. The van der Waals surface area contributed by atoms with Crippen molar-refractivity contribution in [3.63, 3.8) is 0 Å². The minimum Gasteiger partial charge on any atom is -0.275 e. The number of carbonyl (C=O) groups is 1. The minimum atomic E-state index is -0.444. The molecule has 0 aromatic heterocycles. The summed E-state index contributed by atoms with van der Waals surface area (Å²) in [6.07, 6.45) is 5.43. The summed E-state index contributed by atoms with van der Waals surface area (Å²) in [6.45, 7) is 4.49. The van der Waals surface area contributed by atoms with Gasteiger partial charge < -0.3 is 0 Å². The van der Waals surface area contributed by atoms with E-state index in [-0.39, 0.29) is 0 Å². The summed E-state index contributed by atoms with van der Waals surface area (Å²) in [5, 5.41) is 0. The SMILES string of the molecule is CCCCSSCCCC.O=C(S)S. The number of carbonyl (C=O) groups excluding carboxylic acids is 1. The molecule has 0 heterocycles. The van der Waals surface area contributed by atoms with Crippen LogP contribution < -0.4 is 0 Å². The van der Waals surface area contributed by atoms with Gasteiger partial charge in [-0.3, -0.25) is 4.79 Å². The number of unbranched alkanes of at least 4 members (excludes halogenated alkanes) is 2. The minimum absolute atomic E-state index is 0.444. The summed E-state index contributed by atoms with van der Waals surface area (Å²) in [4.78, 5) is 9.17. The highest BCUT2D eigenvalue weighted by Crippen LogP contribution is 2.23. The van der Waals surface area contributed by atoms with E-state index < -0.39 is 4.45 Å². The Morgan fingerprint density at radius 2 is 1.29 bits per heavy atom. The molecule has 0 radical (unpaired) electrons. The molecule has 0 amide bonds. The van der Waals surface area contributed by atoms with Crippen molar-refractivity contribution in [2.75, 3.05) is 11.5 Å². The van der Waals surface area contributed by atoms with Crippen LogP contribution in [-0.2, 0) is 0 Å². The first kappa shape index (κ1) is 17.5. The van der Waals surface area contributed by atoms with Crippen molar-refractivity contribution in [3.8, 4) is 0 Å². The topological polar surface area (TPSA) is 17.1 Å². The molecule has 0 bridgehead atoms. The molecule has 86 valence electrons. The first-order valence-electron chi connectivity index (χ1n) is 4.81. The van der Waals surface area contributed by atoms with E-state index in [1.165, 1.54) is 37.2 Å². The second-order valence-corrected chi connectivity index (χ2v) is 6.50. The van der Waals surface area contributed by atoms with E-state index in [0.717, 1.165) is 0 Å². The van der Waals surface area contributed by atoms with Gasteiger partial charge in [-0.2, -0.15) is 0 Å². The van der Waals surface area contributed by atoms with Crippen LogP contribution >= 0.6 is 46.8 Å². The first-order chi connectivity index (χ1) is 6.65. The first-order valence-corrected chi connectivity index (χ1v) is 8.19.